The standard InChI is InChI=1S/C11H16N.C9H7.3ClH.Hf/c1-10(9-12(2)3)11-7-5-4-6-8-11;1-2-5-9-7-3-6-8(9)4-1;;;;/h4-8H,9H2,1-3H3;1-7H;3*1H;/q2*-1;;;;. The summed E-state index contributed by atoms with van der Waals surface area (Å²) in [6.45, 7) is 3.21. The maximum Gasteiger partial charge on any atom is 0 e. The summed E-state index contributed by atoms with van der Waals surface area (Å²) in [6.07, 6.45) is 0. The van der Waals surface area contributed by atoms with E-state index in [1.165, 1.54) is 22.3 Å². The van der Waals surface area contributed by atoms with Crippen LogP contribution in [0.2, 0.25) is 0 Å². The number of rotatable bonds is 3. The van der Waals surface area contributed by atoms with Crippen molar-refractivity contribution in [1.29, 1.82) is 0 Å². The second-order valence-corrected chi connectivity index (χ2v) is 5.54. The third kappa shape index (κ3) is 10.4. The van der Waals surface area contributed by atoms with Crippen LogP contribution in [0.3, 0.4) is 0 Å². The molecule has 0 radical (unpaired) electrons. The minimum atomic E-state index is 0. The molecule has 0 atom stereocenters. The molecule has 0 bridgehead atoms. The van der Waals surface area contributed by atoms with E-state index in [-0.39, 0.29) is 63.1 Å². The van der Waals surface area contributed by atoms with Gasteiger partial charge in [0, 0.05) is 25.8 Å². The van der Waals surface area contributed by atoms with Crippen LogP contribution in [-0.2, 0) is 25.8 Å². The number of hydrogen-bond donors (Lipinski definition) is 0. The third-order valence-corrected chi connectivity index (χ3v) is 3.37. The second-order valence-electron chi connectivity index (χ2n) is 5.54. The van der Waals surface area contributed by atoms with Crippen molar-refractivity contribution < 1.29 is 25.8 Å². The van der Waals surface area contributed by atoms with Gasteiger partial charge in [0.1, 0.15) is 0 Å². The third-order valence-electron chi connectivity index (χ3n) is 3.37. The maximum atomic E-state index is 2.18. The van der Waals surface area contributed by atoms with Gasteiger partial charge >= 0.3 is 0 Å². The van der Waals surface area contributed by atoms with Crippen molar-refractivity contribution in [3.8, 4) is 0 Å². The molecular weight excluding hydrogens is 539 g/mol. The monoisotopic (exact) mass is 565 g/mol. The number of fused-ring (bicyclic) bond motifs is 1. The van der Waals surface area contributed by atoms with Crippen molar-refractivity contribution in [3.05, 3.63) is 84.3 Å². The normalized spacial score (nSPS) is 8.64. The van der Waals surface area contributed by atoms with Gasteiger partial charge in [0.2, 0.25) is 0 Å². The zero-order valence-corrected chi connectivity index (χ0v) is 20.8. The maximum absolute atomic E-state index is 2.18. The Hall–Kier alpha value is -0.380. The van der Waals surface area contributed by atoms with E-state index in [1.54, 1.807) is 0 Å². The van der Waals surface area contributed by atoms with Crippen molar-refractivity contribution >= 4 is 48.0 Å². The van der Waals surface area contributed by atoms with Crippen LogP contribution in [0.1, 0.15) is 12.5 Å². The Labute approximate surface area is 189 Å². The average Bonchev–Trinajstić information content (AvgIpc) is 2.96. The van der Waals surface area contributed by atoms with Crippen molar-refractivity contribution in [1.82, 2.24) is 4.90 Å². The molecule has 0 aliphatic heterocycles. The molecule has 0 aliphatic carbocycles. The number of nitrogens with zero attached hydrogens (tertiary/aromatic N) is 1. The van der Waals surface area contributed by atoms with Crippen molar-refractivity contribution in [2.45, 2.75) is 6.92 Å². The summed E-state index contributed by atoms with van der Waals surface area (Å²) < 4.78 is 0. The fourth-order valence-corrected chi connectivity index (χ4v) is 2.36. The molecule has 0 saturated heterocycles. The molecule has 3 aromatic rings. The van der Waals surface area contributed by atoms with Gasteiger partial charge in [-0.05, 0) is 20.6 Å². The smallest absolute Gasteiger partial charge is 0 e. The van der Waals surface area contributed by atoms with Crippen molar-refractivity contribution in [3.63, 3.8) is 0 Å². The molecule has 1 nitrogen and oxygen atoms in total. The molecule has 0 N–H and O–H groups in total. The zero-order chi connectivity index (χ0) is 15.1. The Morgan fingerprint density at radius 3 is 1.96 bits per heavy atom. The second kappa shape index (κ2) is 15.8. The largest absolute Gasteiger partial charge is 0.317 e. The minimum Gasteiger partial charge on any atom is -0.317 e. The molecule has 0 heterocycles. The first-order chi connectivity index (χ1) is 10.2. The van der Waals surface area contributed by atoms with Crippen LogP contribution >= 0.6 is 37.2 Å². The van der Waals surface area contributed by atoms with E-state index in [1.807, 2.05) is 6.07 Å². The zero-order valence-electron chi connectivity index (χ0n) is 14.8. The molecule has 0 saturated carbocycles. The van der Waals surface area contributed by atoms with Crippen LogP contribution in [0.15, 0.2) is 72.8 Å². The van der Waals surface area contributed by atoms with Gasteiger partial charge in [-0.25, -0.2) is 0 Å². The molecule has 3 rings (SSSR count). The van der Waals surface area contributed by atoms with Gasteiger partial charge < -0.3 is 4.90 Å². The number of halogens is 3. The van der Waals surface area contributed by atoms with Gasteiger partial charge in [-0.15, -0.1) is 79.0 Å². The Morgan fingerprint density at radius 2 is 1.40 bits per heavy atom. The van der Waals surface area contributed by atoms with Crippen LogP contribution in [0.5, 0.6) is 0 Å². The molecule has 0 unspecified atom stereocenters. The summed E-state index contributed by atoms with van der Waals surface area (Å²) in [4.78, 5) is 2.18. The summed E-state index contributed by atoms with van der Waals surface area (Å²) >= 11 is 0. The van der Waals surface area contributed by atoms with Crippen LogP contribution in [0.25, 0.3) is 10.8 Å². The van der Waals surface area contributed by atoms with Gasteiger partial charge in [-0.3, -0.25) is 0 Å². The van der Waals surface area contributed by atoms with Gasteiger partial charge in [-0.1, -0.05) is 19.1 Å². The molecule has 0 aliphatic rings. The molecule has 5 heteroatoms. The summed E-state index contributed by atoms with van der Waals surface area (Å²) in [5.74, 6) is 1.42. The molecule has 0 amide bonds. The van der Waals surface area contributed by atoms with Crippen molar-refractivity contribution in [2.75, 3.05) is 20.6 Å². The Kier molecular flexibility index (Phi) is 18.6. The first-order valence-electron chi connectivity index (χ1n) is 7.30. The SMILES string of the molecule is C[C-](CN(C)C)c1ccccc1.Cl.Cl.Cl.[Hf].c1ccc2[cH-]ccc2c1. The van der Waals surface area contributed by atoms with E-state index in [0.717, 1.165) is 6.54 Å². The Balaban J connectivity index is -0.000000341. The molecule has 0 aromatic heterocycles. The van der Waals surface area contributed by atoms with E-state index in [0.29, 0.717) is 0 Å². The molecule has 3 aromatic carbocycles. The van der Waals surface area contributed by atoms with Crippen LogP contribution in [0.4, 0.5) is 0 Å². The Morgan fingerprint density at radius 1 is 0.840 bits per heavy atom. The number of benzene rings is 2. The quantitative estimate of drug-likeness (QED) is 0.278. The van der Waals surface area contributed by atoms with Gasteiger partial charge in [0.15, 0.2) is 0 Å². The molecule has 0 fully saturated rings. The summed E-state index contributed by atoms with van der Waals surface area (Å²) in [5, 5.41) is 2.66. The molecule has 0 spiro atoms. The van der Waals surface area contributed by atoms with Gasteiger partial charge in [-0.2, -0.15) is 41.1 Å². The Bertz CT molecular complexity index is 626. The number of hydrogen-bond acceptors (Lipinski definition) is 1. The molecule has 138 valence electrons. The predicted molar refractivity (Wildman–Crippen MR) is 114 cm³/mol. The molecular formula is C20H26Cl3HfN-2. The number of likely N-dealkylation sites (N-methyl/N-ethyl adjacent to an activating group) is 1. The van der Waals surface area contributed by atoms with Crippen LogP contribution in [0, 0.1) is 5.92 Å². The fraction of sp³-hybridized carbons (Fsp3) is 0.200. The predicted octanol–water partition coefficient (Wildman–Crippen LogP) is 6.01. The summed E-state index contributed by atoms with van der Waals surface area (Å²) in [5.41, 5.74) is 1.34. The van der Waals surface area contributed by atoms with E-state index in [2.05, 4.69) is 92.6 Å². The average molecular weight is 565 g/mol. The fourth-order valence-electron chi connectivity index (χ4n) is 2.36. The molecule has 25 heavy (non-hydrogen) atoms. The van der Waals surface area contributed by atoms with E-state index >= 15 is 0 Å². The van der Waals surface area contributed by atoms with E-state index < -0.39 is 0 Å². The topological polar surface area (TPSA) is 3.24 Å². The summed E-state index contributed by atoms with van der Waals surface area (Å²) in [6, 6.07) is 25.2. The van der Waals surface area contributed by atoms with E-state index in [4.69, 9.17) is 0 Å². The first-order valence-corrected chi connectivity index (χ1v) is 7.30. The summed E-state index contributed by atoms with van der Waals surface area (Å²) in [7, 11) is 4.18. The van der Waals surface area contributed by atoms with Gasteiger partial charge in [0.25, 0.3) is 0 Å². The van der Waals surface area contributed by atoms with Crippen LogP contribution < -0.4 is 0 Å². The first kappa shape index (κ1) is 29.4. The van der Waals surface area contributed by atoms with Gasteiger partial charge in [0.05, 0.1) is 0 Å². The van der Waals surface area contributed by atoms with E-state index in [9.17, 15) is 0 Å². The van der Waals surface area contributed by atoms with Crippen LogP contribution in [-0.4, -0.2) is 25.5 Å². The minimum absolute atomic E-state index is 0. The van der Waals surface area contributed by atoms with Crippen molar-refractivity contribution in [2.24, 2.45) is 0 Å².